The summed E-state index contributed by atoms with van der Waals surface area (Å²) in [6, 6.07) is 14.1. The molecule has 2 aromatic rings. The number of carbonyl (C=O) groups is 3. The second kappa shape index (κ2) is 11.8. The van der Waals surface area contributed by atoms with Crippen LogP contribution < -0.4 is 5.32 Å². The number of carbonyl (C=O) groups excluding carboxylic acids is 3. The molecule has 8 nitrogen and oxygen atoms in total. The van der Waals surface area contributed by atoms with E-state index < -0.39 is 29.6 Å². The monoisotopic (exact) mass is 482 g/mol. The smallest absolute Gasteiger partial charge is 0.357 e. The number of nitrogens with one attached hydrogen (secondary N) is 1. The summed E-state index contributed by atoms with van der Waals surface area (Å²) in [5, 5.41) is 14.0. The van der Waals surface area contributed by atoms with E-state index in [4.69, 9.17) is 9.57 Å². The Balaban J connectivity index is 1.71. The molecule has 2 aromatic carbocycles. The van der Waals surface area contributed by atoms with Crippen LogP contribution >= 0.6 is 0 Å². The quantitative estimate of drug-likeness (QED) is 0.552. The summed E-state index contributed by atoms with van der Waals surface area (Å²) in [4.78, 5) is 44.0. The molecule has 0 aromatic heterocycles. The van der Waals surface area contributed by atoms with E-state index in [-0.39, 0.29) is 18.1 Å². The summed E-state index contributed by atoms with van der Waals surface area (Å²) in [7, 11) is 0. The van der Waals surface area contributed by atoms with Crippen LogP contribution in [0.2, 0.25) is 0 Å². The largest absolute Gasteiger partial charge is 0.508 e. The van der Waals surface area contributed by atoms with Crippen LogP contribution in [0.15, 0.2) is 54.6 Å². The second-order valence-corrected chi connectivity index (χ2v) is 9.76. The van der Waals surface area contributed by atoms with Crippen molar-refractivity contribution in [2.24, 2.45) is 0 Å². The maximum Gasteiger partial charge on any atom is 0.357 e. The minimum atomic E-state index is -0.655. The molecule has 0 spiro atoms. The molecule has 0 aliphatic carbocycles. The van der Waals surface area contributed by atoms with Crippen molar-refractivity contribution in [1.29, 1.82) is 0 Å². The summed E-state index contributed by atoms with van der Waals surface area (Å²) >= 11 is 0. The third kappa shape index (κ3) is 8.40. The highest BCUT2D eigenvalue weighted by Crippen LogP contribution is 2.20. The van der Waals surface area contributed by atoms with Crippen LogP contribution in [-0.2, 0) is 25.6 Å². The molecule has 1 aliphatic rings. The lowest BCUT2D eigenvalue weighted by Crippen LogP contribution is -2.53. The van der Waals surface area contributed by atoms with Gasteiger partial charge in [-0.25, -0.2) is 4.79 Å². The summed E-state index contributed by atoms with van der Waals surface area (Å²) in [6.45, 7) is 5.82. The fourth-order valence-corrected chi connectivity index (χ4v) is 3.98. The second-order valence-electron chi connectivity index (χ2n) is 9.76. The number of esters is 1. The standard InChI is InChI=1S/C27H34N2O6/c1-27(2,3)34-24(31)18-21(17-19-12-14-22(30)15-13-19)28-25(32)23-11-7-8-16-29(23)35-26(33)20-9-5-4-6-10-20/h4-6,9-10,12-15,21,23,30H,7-8,11,16-18H2,1-3H3,(H,28,32)/t21-,23-/m0/s1. The number of ether oxygens (including phenoxy) is 1. The lowest BCUT2D eigenvalue weighted by atomic mass is 10.00. The number of amides is 1. The number of piperidine rings is 1. The minimum absolute atomic E-state index is 0.0135. The Hall–Kier alpha value is -3.39. The molecule has 0 radical (unpaired) electrons. The fraction of sp³-hybridized carbons (Fsp3) is 0.444. The average molecular weight is 483 g/mol. The van der Waals surface area contributed by atoms with Gasteiger partial charge in [0.05, 0.1) is 12.0 Å². The van der Waals surface area contributed by atoms with Gasteiger partial charge in [0.1, 0.15) is 17.4 Å². The summed E-state index contributed by atoms with van der Waals surface area (Å²) < 4.78 is 5.46. The van der Waals surface area contributed by atoms with E-state index in [1.165, 1.54) is 5.06 Å². The van der Waals surface area contributed by atoms with Crippen molar-refractivity contribution in [2.45, 2.75) is 70.6 Å². The number of benzene rings is 2. The lowest BCUT2D eigenvalue weighted by Gasteiger charge is -2.33. The van der Waals surface area contributed by atoms with Crippen molar-refractivity contribution in [1.82, 2.24) is 10.4 Å². The van der Waals surface area contributed by atoms with E-state index in [2.05, 4.69) is 5.32 Å². The van der Waals surface area contributed by atoms with Crippen LogP contribution in [-0.4, -0.2) is 52.2 Å². The number of hydrogen-bond acceptors (Lipinski definition) is 7. The number of hydroxylamine groups is 2. The summed E-state index contributed by atoms with van der Waals surface area (Å²) in [6.07, 6.45) is 2.53. The third-order valence-corrected chi connectivity index (χ3v) is 5.56. The molecule has 2 N–H and O–H groups in total. The Morgan fingerprint density at radius 3 is 2.40 bits per heavy atom. The minimum Gasteiger partial charge on any atom is -0.508 e. The molecular formula is C27H34N2O6. The van der Waals surface area contributed by atoms with E-state index in [0.29, 0.717) is 24.9 Å². The highest BCUT2D eigenvalue weighted by molar-refractivity contribution is 5.89. The van der Waals surface area contributed by atoms with Gasteiger partial charge < -0.3 is 20.0 Å². The Morgan fingerprint density at radius 2 is 1.74 bits per heavy atom. The van der Waals surface area contributed by atoms with Gasteiger partial charge in [-0.1, -0.05) is 30.3 Å². The number of rotatable bonds is 8. The Morgan fingerprint density at radius 1 is 1.06 bits per heavy atom. The van der Waals surface area contributed by atoms with Crippen molar-refractivity contribution in [3.8, 4) is 5.75 Å². The summed E-state index contributed by atoms with van der Waals surface area (Å²) in [5.74, 6) is -1.10. The first-order chi connectivity index (χ1) is 16.6. The Labute approximate surface area is 206 Å². The average Bonchev–Trinajstić information content (AvgIpc) is 2.80. The van der Waals surface area contributed by atoms with Gasteiger partial charge in [-0.05, 0) is 76.3 Å². The van der Waals surface area contributed by atoms with E-state index in [1.807, 2.05) is 6.07 Å². The van der Waals surface area contributed by atoms with Gasteiger partial charge in [0.15, 0.2) is 0 Å². The van der Waals surface area contributed by atoms with Crippen LogP contribution in [0.25, 0.3) is 0 Å². The van der Waals surface area contributed by atoms with Gasteiger partial charge in [0.25, 0.3) is 0 Å². The molecule has 188 valence electrons. The molecule has 1 saturated heterocycles. The maximum absolute atomic E-state index is 13.3. The van der Waals surface area contributed by atoms with Gasteiger partial charge >= 0.3 is 11.9 Å². The molecule has 1 fully saturated rings. The van der Waals surface area contributed by atoms with E-state index in [9.17, 15) is 19.5 Å². The van der Waals surface area contributed by atoms with Crippen molar-refractivity contribution in [3.63, 3.8) is 0 Å². The topological polar surface area (TPSA) is 105 Å². The zero-order valence-corrected chi connectivity index (χ0v) is 20.5. The number of aromatic hydroxyl groups is 1. The van der Waals surface area contributed by atoms with Gasteiger partial charge in [-0.15, -0.1) is 5.06 Å². The van der Waals surface area contributed by atoms with Crippen LogP contribution in [0.5, 0.6) is 5.75 Å². The van der Waals surface area contributed by atoms with Gasteiger partial charge in [-0.3, -0.25) is 9.59 Å². The zero-order chi connectivity index (χ0) is 25.4. The molecule has 1 heterocycles. The molecule has 1 aliphatic heterocycles. The molecule has 0 unspecified atom stereocenters. The molecule has 0 bridgehead atoms. The predicted octanol–water partition coefficient (Wildman–Crippen LogP) is 3.78. The molecule has 8 heteroatoms. The van der Waals surface area contributed by atoms with Crippen molar-refractivity contribution >= 4 is 17.8 Å². The van der Waals surface area contributed by atoms with Gasteiger partial charge in [0, 0.05) is 12.6 Å². The Kier molecular flexibility index (Phi) is 8.87. The number of hydrogen-bond donors (Lipinski definition) is 2. The normalized spacial score (nSPS) is 17.3. The third-order valence-electron chi connectivity index (χ3n) is 5.56. The van der Waals surface area contributed by atoms with Crippen molar-refractivity contribution in [2.75, 3.05) is 6.54 Å². The predicted molar refractivity (Wildman–Crippen MR) is 130 cm³/mol. The SMILES string of the molecule is CC(C)(C)OC(=O)C[C@H](Cc1ccc(O)cc1)NC(=O)[C@@H]1CCCCN1OC(=O)c1ccccc1. The first-order valence-electron chi connectivity index (χ1n) is 11.9. The van der Waals surface area contributed by atoms with E-state index >= 15 is 0 Å². The van der Waals surface area contributed by atoms with E-state index in [1.54, 1.807) is 69.3 Å². The van der Waals surface area contributed by atoms with Crippen molar-refractivity contribution < 1.29 is 29.1 Å². The molecule has 3 rings (SSSR count). The molecule has 2 atom stereocenters. The maximum atomic E-state index is 13.3. The zero-order valence-electron chi connectivity index (χ0n) is 20.5. The lowest BCUT2D eigenvalue weighted by molar-refractivity contribution is -0.167. The summed E-state index contributed by atoms with van der Waals surface area (Å²) in [5.41, 5.74) is 0.621. The number of nitrogens with zero attached hydrogens (tertiary/aromatic N) is 1. The number of phenols is 1. The Bertz CT molecular complexity index is 1000. The molecule has 1 amide bonds. The highest BCUT2D eigenvalue weighted by atomic mass is 16.7. The molecule has 0 saturated carbocycles. The van der Waals surface area contributed by atoms with Crippen LogP contribution in [0.1, 0.15) is 62.4 Å². The fourth-order valence-electron chi connectivity index (χ4n) is 3.98. The first kappa shape index (κ1) is 26.2. The van der Waals surface area contributed by atoms with Crippen LogP contribution in [0.3, 0.4) is 0 Å². The first-order valence-corrected chi connectivity index (χ1v) is 11.9. The van der Waals surface area contributed by atoms with Crippen LogP contribution in [0, 0.1) is 0 Å². The molecular weight excluding hydrogens is 448 g/mol. The van der Waals surface area contributed by atoms with Crippen LogP contribution in [0.4, 0.5) is 0 Å². The number of phenolic OH excluding ortho intramolecular Hbond substituents is 1. The van der Waals surface area contributed by atoms with Gasteiger partial charge in [0.2, 0.25) is 5.91 Å². The van der Waals surface area contributed by atoms with Gasteiger partial charge in [-0.2, -0.15) is 0 Å². The van der Waals surface area contributed by atoms with Crippen molar-refractivity contribution in [3.05, 3.63) is 65.7 Å². The van der Waals surface area contributed by atoms with E-state index in [0.717, 1.165) is 18.4 Å². The highest BCUT2D eigenvalue weighted by Gasteiger charge is 2.34. The molecule has 35 heavy (non-hydrogen) atoms.